The van der Waals surface area contributed by atoms with Crippen LogP contribution < -0.4 is 4.57 Å². The molecule has 0 radical (unpaired) electrons. The highest BCUT2D eigenvalue weighted by Crippen LogP contribution is 2.57. The molecule has 8 rings (SSSR count). The van der Waals surface area contributed by atoms with Gasteiger partial charge in [0.2, 0.25) is 5.69 Å². The zero-order chi connectivity index (χ0) is 26.2. The van der Waals surface area contributed by atoms with Crippen LogP contribution in [-0.2, 0) is 17.9 Å². The Labute approximate surface area is 232 Å². The fraction of sp³-hybridized carbons (Fsp3) is 0.432. The lowest BCUT2D eigenvalue weighted by molar-refractivity contribution is -0.661. The molecule has 3 aliphatic rings. The van der Waals surface area contributed by atoms with Gasteiger partial charge >= 0.3 is 0 Å². The number of hydrogen-bond donors (Lipinski definition) is 0. The lowest BCUT2D eigenvalue weighted by Gasteiger charge is -2.50. The Morgan fingerprint density at radius 3 is 2.03 bits per heavy atom. The molecule has 0 saturated heterocycles. The predicted octanol–water partition coefficient (Wildman–Crippen LogP) is 9.74. The molecule has 3 aromatic carbocycles. The maximum Gasteiger partial charge on any atom is 0.216 e. The molecule has 0 atom stereocenters. The molecule has 2 spiro atoms. The second-order valence-corrected chi connectivity index (χ2v) is 13.2. The summed E-state index contributed by atoms with van der Waals surface area (Å²) in [5.41, 5.74) is 10.1. The van der Waals surface area contributed by atoms with Gasteiger partial charge in [-0.15, -0.1) is 0 Å². The molecule has 2 heterocycles. The van der Waals surface area contributed by atoms with Crippen LogP contribution in [0.3, 0.4) is 0 Å². The van der Waals surface area contributed by atoms with Crippen molar-refractivity contribution in [3.8, 4) is 11.3 Å². The Bertz CT molecular complexity index is 1740. The molecule has 0 N–H and O–H groups in total. The molecule has 2 heteroatoms. The first kappa shape index (κ1) is 23.7. The summed E-state index contributed by atoms with van der Waals surface area (Å²) in [5, 5.41) is 4.88. The van der Waals surface area contributed by atoms with Crippen LogP contribution in [0.4, 0.5) is 0 Å². The second kappa shape index (κ2) is 8.68. The van der Waals surface area contributed by atoms with Gasteiger partial charge < -0.3 is 4.42 Å². The summed E-state index contributed by atoms with van der Waals surface area (Å²) in [7, 11) is 2.28. The summed E-state index contributed by atoms with van der Waals surface area (Å²) in [6.07, 6.45) is 19.2. The van der Waals surface area contributed by atoms with Crippen molar-refractivity contribution in [3.05, 3.63) is 77.5 Å². The maximum absolute atomic E-state index is 6.86. The van der Waals surface area contributed by atoms with E-state index in [9.17, 15) is 0 Å². The minimum atomic E-state index is 0.366. The third kappa shape index (κ3) is 3.43. The van der Waals surface area contributed by atoms with Crippen molar-refractivity contribution >= 4 is 32.7 Å². The Morgan fingerprint density at radius 1 is 0.641 bits per heavy atom. The van der Waals surface area contributed by atoms with Gasteiger partial charge in [-0.2, -0.15) is 0 Å². The minimum Gasteiger partial charge on any atom is -0.454 e. The summed E-state index contributed by atoms with van der Waals surface area (Å²) in [5.74, 6) is 0. The smallest absolute Gasteiger partial charge is 0.216 e. The van der Waals surface area contributed by atoms with Crippen LogP contribution >= 0.6 is 0 Å². The highest BCUT2D eigenvalue weighted by molar-refractivity contribution is 6.17. The molecule has 0 bridgehead atoms. The zero-order valence-corrected chi connectivity index (χ0v) is 23.6. The van der Waals surface area contributed by atoms with Crippen LogP contribution in [0, 0.1) is 6.92 Å². The first-order chi connectivity index (χ1) is 19.1. The van der Waals surface area contributed by atoms with Gasteiger partial charge in [0.1, 0.15) is 18.2 Å². The van der Waals surface area contributed by atoms with Crippen molar-refractivity contribution < 1.29 is 8.98 Å². The molecule has 2 nitrogen and oxygen atoms in total. The van der Waals surface area contributed by atoms with Crippen LogP contribution in [-0.4, -0.2) is 0 Å². The van der Waals surface area contributed by atoms with E-state index in [4.69, 9.17) is 4.42 Å². The monoisotopic (exact) mass is 514 g/mol. The summed E-state index contributed by atoms with van der Waals surface area (Å²) in [4.78, 5) is 0. The number of aromatic nitrogens is 1. The highest BCUT2D eigenvalue weighted by Gasteiger charge is 2.49. The average Bonchev–Trinajstić information content (AvgIpc) is 3.36. The Balaban J connectivity index is 1.40. The quantitative estimate of drug-likeness (QED) is 0.203. The molecule has 2 fully saturated rings. The van der Waals surface area contributed by atoms with Gasteiger partial charge in [-0.25, -0.2) is 4.57 Å². The van der Waals surface area contributed by atoms with E-state index in [1.807, 2.05) is 0 Å². The molecule has 2 aromatic heterocycles. The number of pyridine rings is 1. The Morgan fingerprint density at radius 2 is 1.28 bits per heavy atom. The second-order valence-electron chi connectivity index (χ2n) is 13.2. The lowest BCUT2D eigenvalue weighted by atomic mass is 9.53. The molecular weight excluding hydrogens is 474 g/mol. The van der Waals surface area contributed by atoms with Crippen LogP contribution in [0.2, 0.25) is 0 Å². The van der Waals surface area contributed by atoms with E-state index in [0.29, 0.717) is 10.8 Å². The van der Waals surface area contributed by atoms with Crippen molar-refractivity contribution in [2.75, 3.05) is 0 Å². The van der Waals surface area contributed by atoms with Crippen LogP contribution in [0.5, 0.6) is 0 Å². The first-order valence-corrected chi connectivity index (χ1v) is 15.5. The van der Waals surface area contributed by atoms with Gasteiger partial charge in [-0.3, -0.25) is 0 Å². The lowest BCUT2D eigenvalue weighted by Crippen LogP contribution is -2.46. The van der Waals surface area contributed by atoms with E-state index in [-0.39, 0.29) is 0 Å². The zero-order valence-electron chi connectivity index (χ0n) is 23.6. The number of rotatable bonds is 1. The number of hydrogen-bond acceptors (Lipinski definition) is 1. The van der Waals surface area contributed by atoms with Crippen molar-refractivity contribution in [1.29, 1.82) is 0 Å². The number of furan rings is 1. The number of fused-ring (bicyclic) bond motifs is 8. The van der Waals surface area contributed by atoms with Crippen LogP contribution in [0.1, 0.15) is 93.7 Å². The molecule has 3 aliphatic carbocycles. The molecule has 0 unspecified atom stereocenters. The first-order valence-electron chi connectivity index (χ1n) is 15.5. The van der Waals surface area contributed by atoms with Gasteiger partial charge in [0.25, 0.3) is 0 Å². The van der Waals surface area contributed by atoms with Crippen LogP contribution in [0.25, 0.3) is 44.0 Å². The van der Waals surface area contributed by atoms with E-state index in [1.54, 1.807) is 11.1 Å². The largest absolute Gasteiger partial charge is 0.454 e. The normalized spacial score (nSPS) is 20.3. The highest BCUT2D eigenvalue weighted by atomic mass is 16.3. The van der Waals surface area contributed by atoms with Gasteiger partial charge in [-0.05, 0) is 73.4 Å². The maximum atomic E-state index is 6.86. The van der Waals surface area contributed by atoms with Gasteiger partial charge in [0.15, 0.2) is 6.20 Å². The summed E-state index contributed by atoms with van der Waals surface area (Å²) in [6, 6.07) is 20.3. The third-order valence-corrected chi connectivity index (χ3v) is 11.1. The van der Waals surface area contributed by atoms with Crippen molar-refractivity contribution in [2.24, 2.45) is 7.05 Å². The third-order valence-electron chi connectivity index (χ3n) is 11.1. The van der Waals surface area contributed by atoms with E-state index in [2.05, 4.69) is 79.3 Å². The van der Waals surface area contributed by atoms with E-state index < -0.39 is 0 Å². The van der Waals surface area contributed by atoms with Crippen LogP contribution in [0.15, 0.2) is 65.2 Å². The number of nitrogens with zero attached hydrogens (tertiary/aromatic N) is 1. The molecule has 5 aromatic rings. The standard InChI is InChI=1S/C37H40NO/c1-25-13-15-29-28-16-14-26-11-5-6-12-27(26)34(28)39-35(29)33(25)32-23-30-31(24-38(32)2)37(19-9-4-10-20-37)22-21-36(30)17-7-3-8-18-36/h5-6,11-16,23-24H,3-4,7-10,17-22H2,1-2H3/q+1. The number of benzene rings is 3. The fourth-order valence-corrected chi connectivity index (χ4v) is 8.99. The van der Waals surface area contributed by atoms with Crippen molar-refractivity contribution in [1.82, 2.24) is 0 Å². The minimum absolute atomic E-state index is 0.366. The summed E-state index contributed by atoms with van der Waals surface area (Å²) in [6.45, 7) is 2.26. The van der Waals surface area contributed by atoms with E-state index >= 15 is 0 Å². The van der Waals surface area contributed by atoms with Gasteiger partial charge in [0, 0.05) is 33.2 Å². The molecule has 2 saturated carbocycles. The van der Waals surface area contributed by atoms with Crippen molar-refractivity contribution in [3.63, 3.8) is 0 Å². The van der Waals surface area contributed by atoms with Crippen molar-refractivity contribution in [2.45, 2.75) is 94.8 Å². The van der Waals surface area contributed by atoms with Gasteiger partial charge in [0.05, 0.1) is 5.56 Å². The Kier molecular flexibility index (Phi) is 5.28. The molecule has 0 amide bonds. The molecule has 198 valence electrons. The topological polar surface area (TPSA) is 17.0 Å². The fourth-order valence-electron chi connectivity index (χ4n) is 8.99. The molecule has 0 aliphatic heterocycles. The van der Waals surface area contributed by atoms with E-state index in [1.165, 1.54) is 115 Å². The van der Waals surface area contributed by atoms with Gasteiger partial charge in [-0.1, -0.05) is 81.0 Å². The molecular formula is C37H40NO+. The average molecular weight is 515 g/mol. The van der Waals surface area contributed by atoms with E-state index in [0.717, 1.165) is 11.2 Å². The summed E-state index contributed by atoms with van der Waals surface area (Å²) < 4.78 is 9.31. The molecule has 39 heavy (non-hydrogen) atoms. The summed E-state index contributed by atoms with van der Waals surface area (Å²) >= 11 is 0. The number of aryl methyl sites for hydroxylation is 2. The predicted molar refractivity (Wildman–Crippen MR) is 161 cm³/mol. The Hall–Kier alpha value is -3.13. The SMILES string of the molecule is Cc1ccc2c(oc3c4ccccc4ccc23)c1-c1cc2c(c[n+]1C)C1(CCCCC1)CCC21CCCCC1.